The highest BCUT2D eigenvalue weighted by molar-refractivity contribution is 5.93. The lowest BCUT2D eigenvalue weighted by atomic mass is 9.64. The lowest BCUT2D eigenvalue weighted by molar-refractivity contribution is -0.224. The number of allylic oxidation sites excluding steroid dienone is 2. The average Bonchev–Trinajstić information content (AvgIpc) is 3.00. The summed E-state index contributed by atoms with van der Waals surface area (Å²) in [5.41, 5.74) is 0.835. The number of benzene rings is 1. The van der Waals surface area contributed by atoms with E-state index in [9.17, 15) is 9.59 Å². The first-order chi connectivity index (χ1) is 12.4. The lowest BCUT2D eigenvalue weighted by Crippen LogP contribution is -2.39. The lowest BCUT2D eigenvalue weighted by Gasteiger charge is -2.37. The van der Waals surface area contributed by atoms with Gasteiger partial charge in [0.25, 0.3) is 0 Å². The Labute approximate surface area is 153 Å². The van der Waals surface area contributed by atoms with Crippen molar-refractivity contribution in [3.8, 4) is 5.75 Å². The van der Waals surface area contributed by atoms with E-state index in [1.54, 1.807) is 24.3 Å². The van der Waals surface area contributed by atoms with Gasteiger partial charge in [-0.25, -0.2) is 0 Å². The molecule has 0 amide bonds. The van der Waals surface area contributed by atoms with Crippen LogP contribution in [0.1, 0.15) is 32.3 Å². The molecule has 26 heavy (non-hydrogen) atoms. The maximum absolute atomic E-state index is 12.3. The molecular formula is C21H24O5. The van der Waals surface area contributed by atoms with Gasteiger partial charge < -0.3 is 9.62 Å². The highest BCUT2D eigenvalue weighted by Gasteiger charge is 2.51. The summed E-state index contributed by atoms with van der Waals surface area (Å²) >= 11 is 0. The fourth-order valence-electron chi connectivity index (χ4n) is 3.86. The second-order valence-electron chi connectivity index (χ2n) is 7.18. The zero-order valence-corrected chi connectivity index (χ0v) is 15.2. The molecule has 0 N–H and O–H groups in total. The molecule has 1 heterocycles. The van der Waals surface area contributed by atoms with Crippen LogP contribution in [0, 0.1) is 17.3 Å². The first kappa shape index (κ1) is 18.4. The molecule has 0 radical (unpaired) electrons. The summed E-state index contributed by atoms with van der Waals surface area (Å²) in [6, 6.07) is 7.51. The molecule has 1 aromatic rings. The van der Waals surface area contributed by atoms with Crippen molar-refractivity contribution < 1.29 is 24.1 Å². The van der Waals surface area contributed by atoms with Crippen LogP contribution < -0.4 is 4.74 Å². The van der Waals surface area contributed by atoms with Gasteiger partial charge in [0.05, 0.1) is 5.41 Å². The van der Waals surface area contributed by atoms with E-state index in [2.05, 4.69) is 13.5 Å². The van der Waals surface area contributed by atoms with Gasteiger partial charge in [0.2, 0.25) is 0 Å². The van der Waals surface area contributed by atoms with Gasteiger partial charge in [-0.3, -0.25) is 9.59 Å². The summed E-state index contributed by atoms with van der Waals surface area (Å²) in [7, 11) is 0. The van der Waals surface area contributed by atoms with E-state index in [0.29, 0.717) is 31.0 Å². The third kappa shape index (κ3) is 3.58. The largest absolute Gasteiger partial charge is 0.427 e. The SMILES string of the molecule is C=CC[C@H]1C[C@@]2(C(C)Cc3ccc(OC(C)=O)cc3)COOC2=CC1=O. The predicted octanol–water partition coefficient (Wildman–Crippen LogP) is 3.79. The van der Waals surface area contributed by atoms with Gasteiger partial charge in [0, 0.05) is 18.9 Å². The van der Waals surface area contributed by atoms with E-state index in [0.717, 1.165) is 12.0 Å². The van der Waals surface area contributed by atoms with Crippen molar-refractivity contribution in [2.24, 2.45) is 17.3 Å². The Morgan fingerprint density at radius 2 is 2.15 bits per heavy atom. The molecule has 2 aliphatic rings. The third-order valence-corrected chi connectivity index (χ3v) is 5.36. The van der Waals surface area contributed by atoms with E-state index in [1.165, 1.54) is 6.92 Å². The summed E-state index contributed by atoms with van der Waals surface area (Å²) in [6.45, 7) is 7.76. The molecule has 0 bridgehead atoms. The van der Waals surface area contributed by atoms with Crippen LogP contribution in [0.25, 0.3) is 0 Å². The third-order valence-electron chi connectivity index (χ3n) is 5.36. The van der Waals surface area contributed by atoms with Gasteiger partial charge in [-0.1, -0.05) is 25.1 Å². The van der Waals surface area contributed by atoms with Gasteiger partial charge in [-0.15, -0.1) is 6.58 Å². The molecule has 1 fully saturated rings. The first-order valence-electron chi connectivity index (χ1n) is 8.88. The number of fused-ring (bicyclic) bond motifs is 1. The second-order valence-corrected chi connectivity index (χ2v) is 7.18. The van der Waals surface area contributed by atoms with Crippen LogP contribution >= 0.6 is 0 Å². The summed E-state index contributed by atoms with van der Waals surface area (Å²) in [5.74, 6) is 1.08. The fraction of sp³-hybridized carbons (Fsp3) is 0.429. The second kappa shape index (κ2) is 7.46. The molecule has 5 heteroatoms. The Morgan fingerprint density at radius 3 is 2.81 bits per heavy atom. The Kier molecular flexibility index (Phi) is 5.28. The standard InChI is InChI=1S/C21H24O5/c1-4-5-17-12-21(13-24-26-20(21)11-19(17)23)14(2)10-16-6-8-18(9-7-16)25-15(3)22/h4,6-9,11,14,17H,1,5,10,12-13H2,2-3H3/t14?,17-,21-/m0/s1. The summed E-state index contributed by atoms with van der Waals surface area (Å²) in [4.78, 5) is 33.9. The number of rotatable bonds is 6. The Bertz CT molecular complexity index is 733. The highest BCUT2D eigenvalue weighted by Crippen LogP contribution is 2.51. The molecule has 1 aromatic carbocycles. The number of ether oxygens (including phenoxy) is 1. The van der Waals surface area contributed by atoms with E-state index in [1.807, 2.05) is 12.1 Å². The molecule has 1 aliphatic heterocycles. The van der Waals surface area contributed by atoms with Crippen LogP contribution in [0.15, 0.2) is 48.8 Å². The molecule has 1 unspecified atom stereocenters. The highest BCUT2D eigenvalue weighted by atomic mass is 17.2. The monoisotopic (exact) mass is 356 g/mol. The molecule has 5 nitrogen and oxygen atoms in total. The van der Waals surface area contributed by atoms with E-state index in [4.69, 9.17) is 14.5 Å². The topological polar surface area (TPSA) is 61.8 Å². The summed E-state index contributed by atoms with van der Waals surface area (Å²) < 4.78 is 5.08. The molecule has 138 valence electrons. The molecule has 3 rings (SSSR count). The fourth-order valence-corrected chi connectivity index (χ4v) is 3.86. The Balaban J connectivity index is 1.78. The maximum Gasteiger partial charge on any atom is 0.308 e. The summed E-state index contributed by atoms with van der Waals surface area (Å²) in [5, 5.41) is 0. The van der Waals surface area contributed by atoms with Gasteiger partial charge in [0.1, 0.15) is 12.4 Å². The van der Waals surface area contributed by atoms with Crippen molar-refractivity contribution in [3.63, 3.8) is 0 Å². The van der Waals surface area contributed by atoms with Crippen LogP contribution in [0.3, 0.4) is 0 Å². The van der Waals surface area contributed by atoms with Crippen molar-refractivity contribution in [1.29, 1.82) is 0 Å². The number of carbonyl (C=O) groups excluding carboxylic acids is 2. The molecule has 0 aromatic heterocycles. The molecule has 0 saturated carbocycles. The smallest absolute Gasteiger partial charge is 0.308 e. The number of ketones is 1. The van der Waals surface area contributed by atoms with Gasteiger partial charge >= 0.3 is 5.97 Å². The van der Waals surface area contributed by atoms with Crippen LogP contribution in [0.5, 0.6) is 5.75 Å². The van der Waals surface area contributed by atoms with Crippen LogP contribution in [0.4, 0.5) is 0 Å². The zero-order chi connectivity index (χ0) is 18.7. The molecular weight excluding hydrogens is 332 g/mol. The van der Waals surface area contributed by atoms with Gasteiger partial charge in [-0.2, -0.15) is 4.89 Å². The van der Waals surface area contributed by atoms with Crippen LogP contribution in [-0.2, 0) is 25.8 Å². The minimum atomic E-state index is -0.333. The minimum Gasteiger partial charge on any atom is -0.427 e. The van der Waals surface area contributed by atoms with Crippen molar-refractivity contribution in [3.05, 3.63) is 54.3 Å². The molecule has 0 spiro atoms. The normalized spacial score (nSPS) is 25.7. The number of hydrogen-bond acceptors (Lipinski definition) is 5. The van der Waals surface area contributed by atoms with E-state index in [-0.39, 0.29) is 29.0 Å². The van der Waals surface area contributed by atoms with Crippen LogP contribution in [-0.4, -0.2) is 18.4 Å². The van der Waals surface area contributed by atoms with Crippen molar-refractivity contribution in [2.75, 3.05) is 6.61 Å². The van der Waals surface area contributed by atoms with Crippen LogP contribution in [0.2, 0.25) is 0 Å². The quantitative estimate of drug-likeness (QED) is 0.336. The number of esters is 1. The van der Waals surface area contributed by atoms with Crippen molar-refractivity contribution >= 4 is 11.8 Å². The summed E-state index contributed by atoms with van der Waals surface area (Å²) in [6.07, 6.45) is 5.57. The zero-order valence-electron chi connectivity index (χ0n) is 15.2. The van der Waals surface area contributed by atoms with E-state index < -0.39 is 0 Å². The number of hydrogen-bond donors (Lipinski definition) is 0. The van der Waals surface area contributed by atoms with E-state index >= 15 is 0 Å². The van der Waals surface area contributed by atoms with Gasteiger partial charge in [0.15, 0.2) is 11.5 Å². The van der Waals surface area contributed by atoms with Crippen molar-refractivity contribution in [2.45, 2.75) is 33.1 Å². The van der Waals surface area contributed by atoms with Gasteiger partial charge in [-0.05, 0) is 42.9 Å². The maximum atomic E-state index is 12.3. The average molecular weight is 356 g/mol. The first-order valence-corrected chi connectivity index (χ1v) is 8.88. The molecule has 1 aliphatic carbocycles. The molecule has 1 saturated heterocycles. The Hall–Kier alpha value is -2.40. The predicted molar refractivity (Wildman–Crippen MR) is 96.1 cm³/mol. The van der Waals surface area contributed by atoms with Crippen molar-refractivity contribution in [1.82, 2.24) is 0 Å². The molecule has 3 atom stereocenters. The Morgan fingerprint density at radius 1 is 1.42 bits per heavy atom. The number of carbonyl (C=O) groups is 2. The minimum absolute atomic E-state index is 0.0738.